The van der Waals surface area contributed by atoms with Crippen LogP contribution in [0.1, 0.15) is 12.8 Å². The number of aromatic nitrogens is 2. The van der Waals surface area contributed by atoms with Crippen molar-refractivity contribution < 1.29 is 5.11 Å². The number of rotatable bonds is 2. The Labute approximate surface area is 81.0 Å². The Morgan fingerprint density at radius 1 is 1.38 bits per heavy atom. The van der Waals surface area contributed by atoms with Crippen LogP contribution in [0.5, 0.6) is 0 Å². The molecule has 2 unspecified atom stereocenters. The lowest BCUT2D eigenvalue weighted by atomic mass is 9.89. The second kappa shape index (κ2) is 3.47. The van der Waals surface area contributed by atoms with Crippen LogP contribution in [0.15, 0.2) is 12.4 Å². The van der Waals surface area contributed by atoms with Crippen LogP contribution in [-0.2, 0) is 0 Å². The third kappa shape index (κ3) is 1.89. The number of nitrogens with zero attached hydrogens (tertiary/aromatic N) is 2. The highest BCUT2D eigenvalue weighted by Crippen LogP contribution is 2.22. The molecular weight excluding hydrogens is 190 g/mol. The van der Waals surface area contributed by atoms with Gasteiger partial charge in [0.05, 0.1) is 29.6 Å². The van der Waals surface area contributed by atoms with Crippen LogP contribution in [0.25, 0.3) is 0 Å². The van der Waals surface area contributed by atoms with Gasteiger partial charge in [0.1, 0.15) is 0 Å². The van der Waals surface area contributed by atoms with Crippen LogP contribution in [0, 0.1) is 0 Å². The smallest absolute Gasteiger partial charge is 0.222 e. The van der Waals surface area contributed by atoms with Gasteiger partial charge in [0.25, 0.3) is 0 Å². The monoisotopic (exact) mass is 199 g/mol. The molecule has 0 radical (unpaired) electrons. The van der Waals surface area contributed by atoms with Gasteiger partial charge in [0.15, 0.2) is 0 Å². The number of aliphatic hydroxyl groups is 1. The average Bonchev–Trinajstić information content (AvgIpc) is 2.15. The third-order valence-corrected chi connectivity index (χ3v) is 2.37. The highest BCUT2D eigenvalue weighted by molar-refractivity contribution is 6.30. The molecule has 1 aliphatic carbocycles. The Hall–Kier alpha value is -0.870. The van der Waals surface area contributed by atoms with E-state index in [2.05, 4.69) is 15.3 Å². The van der Waals surface area contributed by atoms with Gasteiger partial charge in [-0.05, 0) is 12.8 Å². The van der Waals surface area contributed by atoms with E-state index >= 15 is 0 Å². The van der Waals surface area contributed by atoms with Gasteiger partial charge in [-0.25, -0.2) is 9.97 Å². The lowest BCUT2D eigenvalue weighted by molar-refractivity contribution is 0.0782. The molecule has 0 saturated heterocycles. The van der Waals surface area contributed by atoms with E-state index in [1.807, 2.05) is 0 Å². The maximum atomic E-state index is 9.28. The van der Waals surface area contributed by atoms with Crippen LogP contribution in [0.2, 0.25) is 5.02 Å². The van der Waals surface area contributed by atoms with E-state index in [-0.39, 0.29) is 12.1 Å². The predicted molar refractivity (Wildman–Crippen MR) is 49.7 cm³/mol. The van der Waals surface area contributed by atoms with Gasteiger partial charge in [-0.3, -0.25) is 0 Å². The van der Waals surface area contributed by atoms with Crippen LogP contribution in [-0.4, -0.2) is 27.2 Å². The maximum Gasteiger partial charge on any atom is 0.222 e. The zero-order valence-electron chi connectivity index (χ0n) is 6.94. The molecular formula is C8H10ClN3O. The number of anilines is 1. The van der Waals surface area contributed by atoms with E-state index in [1.165, 1.54) is 12.4 Å². The molecule has 5 heteroatoms. The van der Waals surface area contributed by atoms with Crippen molar-refractivity contribution in [1.29, 1.82) is 0 Å². The van der Waals surface area contributed by atoms with Gasteiger partial charge in [-0.2, -0.15) is 0 Å². The second-order valence-corrected chi connectivity index (χ2v) is 3.56. The van der Waals surface area contributed by atoms with Crippen molar-refractivity contribution in [3.8, 4) is 0 Å². The van der Waals surface area contributed by atoms with Crippen molar-refractivity contribution >= 4 is 17.5 Å². The van der Waals surface area contributed by atoms with E-state index in [1.54, 1.807) is 0 Å². The molecule has 0 spiro atoms. The molecule has 2 rings (SSSR count). The van der Waals surface area contributed by atoms with Gasteiger partial charge in [0, 0.05) is 0 Å². The summed E-state index contributed by atoms with van der Waals surface area (Å²) >= 11 is 5.62. The summed E-state index contributed by atoms with van der Waals surface area (Å²) in [5, 5.41) is 12.8. The van der Waals surface area contributed by atoms with Crippen molar-refractivity contribution in [1.82, 2.24) is 9.97 Å². The topological polar surface area (TPSA) is 58.0 Å². The summed E-state index contributed by atoms with van der Waals surface area (Å²) in [6, 6.07) is 0.0983. The minimum atomic E-state index is -0.265. The lowest BCUT2D eigenvalue weighted by Crippen LogP contribution is -2.43. The highest BCUT2D eigenvalue weighted by Gasteiger charge is 2.28. The molecule has 1 aliphatic rings. The van der Waals surface area contributed by atoms with E-state index in [0.29, 0.717) is 11.0 Å². The Balaban J connectivity index is 1.98. The number of hydrogen-bond donors (Lipinski definition) is 2. The predicted octanol–water partition coefficient (Wildman–Crippen LogP) is 1.07. The molecule has 1 heterocycles. The summed E-state index contributed by atoms with van der Waals surface area (Å²) in [6.07, 6.45) is 4.61. The summed E-state index contributed by atoms with van der Waals surface area (Å²) in [4.78, 5) is 7.94. The van der Waals surface area contributed by atoms with E-state index in [4.69, 9.17) is 11.6 Å². The normalized spacial score (nSPS) is 26.6. The molecule has 2 atom stereocenters. The van der Waals surface area contributed by atoms with Crippen molar-refractivity contribution in [2.24, 2.45) is 0 Å². The fourth-order valence-electron chi connectivity index (χ4n) is 1.20. The third-order valence-electron chi connectivity index (χ3n) is 2.17. The SMILES string of the molecule is OC1CCC1Nc1ncc(Cl)cn1. The van der Waals surface area contributed by atoms with E-state index < -0.39 is 0 Å². The lowest BCUT2D eigenvalue weighted by Gasteiger charge is -2.32. The zero-order chi connectivity index (χ0) is 9.26. The molecule has 1 fully saturated rings. The minimum Gasteiger partial charge on any atom is -0.391 e. The van der Waals surface area contributed by atoms with E-state index in [0.717, 1.165) is 12.8 Å². The summed E-state index contributed by atoms with van der Waals surface area (Å²) in [5.74, 6) is 0.521. The molecule has 0 aliphatic heterocycles. The Kier molecular flexibility index (Phi) is 2.33. The summed E-state index contributed by atoms with van der Waals surface area (Å²) in [5.41, 5.74) is 0. The first-order chi connectivity index (χ1) is 6.25. The fraction of sp³-hybridized carbons (Fsp3) is 0.500. The number of hydrogen-bond acceptors (Lipinski definition) is 4. The Morgan fingerprint density at radius 3 is 2.54 bits per heavy atom. The van der Waals surface area contributed by atoms with Crippen LogP contribution in [0.4, 0.5) is 5.95 Å². The number of halogens is 1. The molecule has 2 N–H and O–H groups in total. The number of aliphatic hydroxyl groups excluding tert-OH is 1. The van der Waals surface area contributed by atoms with Crippen LogP contribution >= 0.6 is 11.6 Å². The molecule has 0 aromatic carbocycles. The molecule has 1 aromatic heterocycles. The second-order valence-electron chi connectivity index (χ2n) is 3.12. The zero-order valence-corrected chi connectivity index (χ0v) is 7.70. The van der Waals surface area contributed by atoms with Crippen molar-refractivity contribution in [2.45, 2.75) is 25.0 Å². The first kappa shape index (κ1) is 8.72. The quantitative estimate of drug-likeness (QED) is 0.748. The average molecular weight is 200 g/mol. The summed E-state index contributed by atoms with van der Waals surface area (Å²) in [6.45, 7) is 0. The minimum absolute atomic E-state index is 0.0983. The molecule has 1 aromatic rings. The Bertz CT molecular complexity index is 290. The maximum absolute atomic E-state index is 9.28. The molecule has 1 saturated carbocycles. The Morgan fingerprint density at radius 2 is 2.08 bits per heavy atom. The molecule has 0 amide bonds. The molecule has 13 heavy (non-hydrogen) atoms. The van der Waals surface area contributed by atoms with Gasteiger partial charge < -0.3 is 10.4 Å². The molecule has 0 bridgehead atoms. The summed E-state index contributed by atoms with van der Waals surface area (Å²) < 4.78 is 0. The van der Waals surface area contributed by atoms with Gasteiger partial charge in [-0.15, -0.1) is 0 Å². The number of nitrogens with one attached hydrogen (secondary N) is 1. The van der Waals surface area contributed by atoms with Gasteiger partial charge in [-0.1, -0.05) is 11.6 Å². The fourth-order valence-corrected chi connectivity index (χ4v) is 1.30. The largest absolute Gasteiger partial charge is 0.391 e. The van der Waals surface area contributed by atoms with Crippen molar-refractivity contribution in [3.05, 3.63) is 17.4 Å². The summed E-state index contributed by atoms with van der Waals surface area (Å²) in [7, 11) is 0. The highest BCUT2D eigenvalue weighted by atomic mass is 35.5. The van der Waals surface area contributed by atoms with Gasteiger partial charge >= 0.3 is 0 Å². The van der Waals surface area contributed by atoms with Crippen LogP contribution in [0.3, 0.4) is 0 Å². The molecule has 4 nitrogen and oxygen atoms in total. The first-order valence-electron chi connectivity index (χ1n) is 4.18. The van der Waals surface area contributed by atoms with Gasteiger partial charge in [0.2, 0.25) is 5.95 Å². The van der Waals surface area contributed by atoms with Crippen molar-refractivity contribution in [3.63, 3.8) is 0 Å². The van der Waals surface area contributed by atoms with E-state index in [9.17, 15) is 5.11 Å². The van der Waals surface area contributed by atoms with Crippen molar-refractivity contribution in [2.75, 3.05) is 5.32 Å². The standard InChI is InChI=1S/C8H10ClN3O/c9-5-3-10-8(11-4-5)12-6-1-2-7(6)13/h3-4,6-7,13H,1-2H2,(H,10,11,12). The first-order valence-corrected chi connectivity index (χ1v) is 4.55. The van der Waals surface area contributed by atoms with Crippen LogP contribution < -0.4 is 5.32 Å². The molecule has 70 valence electrons.